The molecule has 1 unspecified atom stereocenters. The first kappa shape index (κ1) is 18.3. The summed E-state index contributed by atoms with van der Waals surface area (Å²) in [7, 11) is 0. The Bertz CT molecular complexity index is 670. The first-order valence-electron chi connectivity index (χ1n) is 8.86. The van der Waals surface area contributed by atoms with Gasteiger partial charge in [-0.05, 0) is 50.6 Å². The molecule has 0 saturated carbocycles. The van der Waals surface area contributed by atoms with Crippen LogP contribution in [-0.2, 0) is 12.1 Å². The number of benzene rings is 1. The van der Waals surface area contributed by atoms with Crippen molar-refractivity contribution in [1.29, 1.82) is 0 Å². The predicted molar refractivity (Wildman–Crippen MR) is 102 cm³/mol. The number of nitrogens with zero attached hydrogens (tertiary/aromatic N) is 2. The highest BCUT2D eigenvalue weighted by molar-refractivity contribution is 6.31. The molecule has 4 nitrogen and oxygen atoms in total. The van der Waals surface area contributed by atoms with Crippen molar-refractivity contribution in [1.82, 2.24) is 15.2 Å². The first-order chi connectivity index (χ1) is 12.0. The SMILES string of the molecule is CC(O)(CNC1CCN(Cc2cccnc2)CC1)c1ccccc1Cl. The molecule has 1 aromatic heterocycles. The van der Waals surface area contributed by atoms with Crippen LogP contribution in [-0.4, -0.2) is 40.7 Å². The van der Waals surface area contributed by atoms with Crippen molar-refractivity contribution in [3.63, 3.8) is 0 Å². The van der Waals surface area contributed by atoms with E-state index in [0.717, 1.165) is 38.0 Å². The molecule has 1 aliphatic rings. The van der Waals surface area contributed by atoms with Gasteiger partial charge < -0.3 is 10.4 Å². The summed E-state index contributed by atoms with van der Waals surface area (Å²) in [4.78, 5) is 6.64. The van der Waals surface area contributed by atoms with Crippen LogP contribution in [0.5, 0.6) is 0 Å². The highest BCUT2D eigenvalue weighted by Crippen LogP contribution is 2.27. The molecule has 0 bridgehead atoms. The molecule has 2 heterocycles. The number of halogens is 1. The molecule has 1 saturated heterocycles. The molecule has 1 fully saturated rings. The Labute approximate surface area is 154 Å². The Morgan fingerprint density at radius 3 is 2.68 bits per heavy atom. The average molecular weight is 360 g/mol. The second kappa shape index (κ2) is 8.28. The van der Waals surface area contributed by atoms with Gasteiger partial charge in [0.25, 0.3) is 0 Å². The molecular weight excluding hydrogens is 334 g/mol. The summed E-state index contributed by atoms with van der Waals surface area (Å²) in [6, 6.07) is 12.0. The minimum atomic E-state index is -0.967. The number of hydrogen-bond donors (Lipinski definition) is 2. The molecule has 1 aromatic carbocycles. The molecule has 1 aliphatic heterocycles. The Kier molecular flexibility index (Phi) is 6.07. The number of aliphatic hydroxyl groups is 1. The second-order valence-electron chi connectivity index (χ2n) is 7.05. The van der Waals surface area contributed by atoms with Crippen LogP contribution in [0.25, 0.3) is 0 Å². The van der Waals surface area contributed by atoms with Crippen LogP contribution in [0.4, 0.5) is 0 Å². The molecule has 1 atom stereocenters. The zero-order chi connectivity index (χ0) is 17.7. The minimum absolute atomic E-state index is 0.430. The van der Waals surface area contributed by atoms with Crippen LogP contribution in [0, 0.1) is 0 Å². The van der Waals surface area contributed by atoms with Gasteiger partial charge in [0, 0.05) is 42.1 Å². The maximum absolute atomic E-state index is 10.8. The highest BCUT2D eigenvalue weighted by Gasteiger charge is 2.27. The number of aromatic nitrogens is 1. The van der Waals surface area contributed by atoms with Crippen molar-refractivity contribution in [3.8, 4) is 0 Å². The van der Waals surface area contributed by atoms with E-state index < -0.39 is 5.60 Å². The van der Waals surface area contributed by atoms with E-state index in [-0.39, 0.29) is 0 Å². The van der Waals surface area contributed by atoms with Crippen molar-refractivity contribution >= 4 is 11.6 Å². The fourth-order valence-electron chi connectivity index (χ4n) is 3.38. The van der Waals surface area contributed by atoms with Crippen molar-refractivity contribution in [2.45, 2.75) is 38.0 Å². The number of pyridine rings is 1. The molecule has 25 heavy (non-hydrogen) atoms. The highest BCUT2D eigenvalue weighted by atomic mass is 35.5. The van der Waals surface area contributed by atoms with Gasteiger partial charge >= 0.3 is 0 Å². The largest absolute Gasteiger partial charge is 0.384 e. The minimum Gasteiger partial charge on any atom is -0.384 e. The lowest BCUT2D eigenvalue weighted by Crippen LogP contribution is -2.46. The normalized spacial score (nSPS) is 18.8. The molecular formula is C20H26ClN3O. The van der Waals surface area contributed by atoms with Gasteiger partial charge in [-0.3, -0.25) is 9.88 Å². The van der Waals surface area contributed by atoms with Crippen LogP contribution >= 0.6 is 11.6 Å². The van der Waals surface area contributed by atoms with Gasteiger partial charge in [0.2, 0.25) is 0 Å². The summed E-state index contributed by atoms with van der Waals surface area (Å²) in [5.74, 6) is 0. The topological polar surface area (TPSA) is 48.4 Å². The zero-order valence-electron chi connectivity index (χ0n) is 14.7. The average Bonchev–Trinajstić information content (AvgIpc) is 2.62. The molecule has 0 amide bonds. The first-order valence-corrected chi connectivity index (χ1v) is 9.24. The lowest BCUT2D eigenvalue weighted by atomic mass is 9.94. The van der Waals surface area contributed by atoms with Crippen molar-refractivity contribution < 1.29 is 5.11 Å². The summed E-state index contributed by atoms with van der Waals surface area (Å²) < 4.78 is 0. The van der Waals surface area contributed by atoms with Crippen molar-refractivity contribution in [2.24, 2.45) is 0 Å². The van der Waals surface area contributed by atoms with E-state index >= 15 is 0 Å². The summed E-state index contributed by atoms with van der Waals surface area (Å²) >= 11 is 6.23. The van der Waals surface area contributed by atoms with Gasteiger partial charge in [0.15, 0.2) is 0 Å². The smallest absolute Gasteiger partial charge is 0.101 e. The molecule has 2 N–H and O–H groups in total. The summed E-state index contributed by atoms with van der Waals surface area (Å²) in [5.41, 5.74) is 1.07. The Morgan fingerprint density at radius 1 is 1.24 bits per heavy atom. The third kappa shape index (κ3) is 5.02. The third-order valence-electron chi connectivity index (χ3n) is 4.91. The van der Waals surface area contributed by atoms with Crippen LogP contribution in [0.1, 0.15) is 30.9 Å². The number of hydrogen-bond acceptors (Lipinski definition) is 4. The van der Waals surface area contributed by atoms with Crippen molar-refractivity contribution in [2.75, 3.05) is 19.6 Å². The molecule has 0 radical (unpaired) electrons. The van der Waals surface area contributed by atoms with Crippen LogP contribution in [0.3, 0.4) is 0 Å². The van der Waals surface area contributed by atoms with E-state index in [0.29, 0.717) is 17.6 Å². The van der Waals surface area contributed by atoms with Crippen LogP contribution in [0.2, 0.25) is 5.02 Å². The monoisotopic (exact) mass is 359 g/mol. The second-order valence-corrected chi connectivity index (χ2v) is 7.45. The van der Waals surface area contributed by atoms with Crippen LogP contribution < -0.4 is 5.32 Å². The summed E-state index contributed by atoms with van der Waals surface area (Å²) in [6.45, 7) is 5.39. The lowest BCUT2D eigenvalue weighted by Gasteiger charge is -2.34. The van der Waals surface area contributed by atoms with Gasteiger partial charge in [-0.25, -0.2) is 0 Å². The van der Waals surface area contributed by atoms with Gasteiger partial charge in [-0.15, -0.1) is 0 Å². The number of piperidine rings is 1. The quantitative estimate of drug-likeness (QED) is 0.831. The van der Waals surface area contributed by atoms with E-state index in [2.05, 4.69) is 21.3 Å². The number of likely N-dealkylation sites (tertiary alicyclic amines) is 1. The van der Waals surface area contributed by atoms with Crippen LogP contribution in [0.15, 0.2) is 48.8 Å². The molecule has 0 spiro atoms. The molecule has 2 aromatic rings. The zero-order valence-corrected chi connectivity index (χ0v) is 15.4. The molecule has 134 valence electrons. The van der Waals surface area contributed by atoms with E-state index in [1.54, 1.807) is 0 Å². The summed E-state index contributed by atoms with van der Waals surface area (Å²) in [5, 5.41) is 14.9. The fourth-order valence-corrected chi connectivity index (χ4v) is 3.72. The predicted octanol–water partition coefficient (Wildman–Crippen LogP) is 3.20. The van der Waals surface area contributed by atoms with E-state index in [1.807, 2.05) is 49.6 Å². The third-order valence-corrected chi connectivity index (χ3v) is 5.24. The fraction of sp³-hybridized carbons (Fsp3) is 0.450. The standard InChI is InChI=1S/C20H26ClN3O/c1-20(25,18-6-2-3-7-19(18)21)15-23-17-8-11-24(12-9-17)14-16-5-4-10-22-13-16/h2-7,10,13,17,23,25H,8-9,11-12,14-15H2,1H3. The number of nitrogens with one attached hydrogen (secondary N) is 1. The maximum Gasteiger partial charge on any atom is 0.101 e. The van der Waals surface area contributed by atoms with Gasteiger partial charge in [-0.2, -0.15) is 0 Å². The number of rotatable bonds is 6. The lowest BCUT2D eigenvalue weighted by molar-refractivity contribution is 0.0500. The Balaban J connectivity index is 1.47. The van der Waals surface area contributed by atoms with E-state index in [4.69, 9.17) is 11.6 Å². The molecule has 3 rings (SSSR count). The van der Waals surface area contributed by atoms with E-state index in [9.17, 15) is 5.11 Å². The summed E-state index contributed by atoms with van der Waals surface area (Å²) in [6.07, 6.45) is 5.91. The molecule has 0 aliphatic carbocycles. The van der Waals surface area contributed by atoms with E-state index in [1.165, 1.54) is 5.56 Å². The van der Waals surface area contributed by atoms with Crippen molar-refractivity contribution in [3.05, 3.63) is 64.9 Å². The van der Waals surface area contributed by atoms with Gasteiger partial charge in [-0.1, -0.05) is 35.9 Å². The maximum atomic E-state index is 10.8. The Hall–Kier alpha value is -1.46. The molecule has 5 heteroatoms. The Morgan fingerprint density at radius 2 is 2.00 bits per heavy atom. The van der Waals surface area contributed by atoms with Gasteiger partial charge in [0.1, 0.15) is 5.60 Å². The van der Waals surface area contributed by atoms with Gasteiger partial charge in [0.05, 0.1) is 0 Å².